The van der Waals surface area contributed by atoms with Crippen LogP contribution >= 0.6 is 23.2 Å². The molecule has 1 saturated carbocycles. The molecule has 3 atom stereocenters. The van der Waals surface area contributed by atoms with Crippen molar-refractivity contribution in [1.82, 2.24) is 10.2 Å². The Morgan fingerprint density at radius 2 is 2.09 bits per heavy atom. The van der Waals surface area contributed by atoms with Crippen LogP contribution in [0.2, 0.25) is 10.0 Å². The van der Waals surface area contributed by atoms with Gasteiger partial charge in [-0.05, 0) is 56.0 Å². The zero-order chi connectivity index (χ0) is 16.4. The van der Waals surface area contributed by atoms with Crippen molar-refractivity contribution >= 4 is 29.1 Å². The van der Waals surface area contributed by atoms with E-state index in [1.165, 1.54) is 12.8 Å². The summed E-state index contributed by atoms with van der Waals surface area (Å²) in [4.78, 5) is 14.7. The fraction of sp³-hybridized carbons (Fsp3) is 0.588. The van der Waals surface area contributed by atoms with Crippen molar-refractivity contribution in [3.8, 4) is 0 Å². The number of likely N-dealkylation sites (tertiary alicyclic amines) is 1. The van der Waals surface area contributed by atoms with E-state index in [0.29, 0.717) is 10.0 Å². The third kappa shape index (κ3) is 4.18. The number of aliphatic hydroxyl groups excluding tert-OH is 1. The summed E-state index contributed by atoms with van der Waals surface area (Å²) in [5.74, 6) is 0.117. The van der Waals surface area contributed by atoms with Gasteiger partial charge in [0.15, 0.2) is 0 Å². The summed E-state index contributed by atoms with van der Waals surface area (Å²) in [6.45, 7) is 2.81. The Morgan fingerprint density at radius 1 is 1.35 bits per heavy atom. The number of hydrogen-bond acceptors (Lipinski definition) is 3. The molecule has 1 aliphatic carbocycles. The molecule has 0 spiro atoms. The van der Waals surface area contributed by atoms with Crippen molar-refractivity contribution < 1.29 is 9.90 Å². The number of nitrogens with zero attached hydrogens (tertiary/aromatic N) is 1. The Balaban J connectivity index is 1.54. The monoisotopic (exact) mass is 356 g/mol. The number of carbonyl (C=O) groups is 1. The molecule has 2 aliphatic rings. The third-order valence-electron chi connectivity index (χ3n) is 4.73. The van der Waals surface area contributed by atoms with Crippen LogP contribution in [0, 0.1) is 5.92 Å². The number of hydrogen-bond donors (Lipinski definition) is 2. The van der Waals surface area contributed by atoms with Gasteiger partial charge in [-0.2, -0.15) is 0 Å². The quantitative estimate of drug-likeness (QED) is 0.823. The highest BCUT2D eigenvalue weighted by atomic mass is 35.5. The third-order valence-corrected chi connectivity index (χ3v) is 5.30. The van der Waals surface area contributed by atoms with E-state index in [1.54, 1.807) is 12.1 Å². The van der Waals surface area contributed by atoms with E-state index in [-0.39, 0.29) is 30.4 Å². The van der Waals surface area contributed by atoms with Crippen molar-refractivity contribution in [2.75, 3.05) is 26.2 Å². The van der Waals surface area contributed by atoms with Gasteiger partial charge in [0.1, 0.15) is 0 Å². The number of amides is 1. The van der Waals surface area contributed by atoms with E-state index in [4.69, 9.17) is 23.2 Å². The SMILES string of the molecule is O=C(NC(CO)CN1CCCC1)C1CC1c1ccc(Cl)cc1Cl. The highest BCUT2D eigenvalue weighted by Crippen LogP contribution is 2.50. The van der Waals surface area contributed by atoms with Crippen LogP contribution in [0.15, 0.2) is 18.2 Å². The fourth-order valence-corrected chi connectivity index (χ4v) is 3.91. The molecule has 1 saturated heterocycles. The summed E-state index contributed by atoms with van der Waals surface area (Å²) < 4.78 is 0. The first-order chi connectivity index (χ1) is 11.1. The largest absolute Gasteiger partial charge is 0.394 e. The van der Waals surface area contributed by atoms with Gasteiger partial charge in [0.25, 0.3) is 0 Å². The zero-order valence-electron chi connectivity index (χ0n) is 13.0. The van der Waals surface area contributed by atoms with Gasteiger partial charge in [0.2, 0.25) is 5.91 Å². The van der Waals surface area contributed by atoms with Crippen molar-refractivity contribution in [2.24, 2.45) is 5.92 Å². The average molecular weight is 357 g/mol. The molecule has 1 aromatic carbocycles. The normalized spacial score (nSPS) is 25.3. The summed E-state index contributed by atoms with van der Waals surface area (Å²) in [5.41, 5.74) is 0.983. The van der Waals surface area contributed by atoms with Gasteiger partial charge in [-0.25, -0.2) is 0 Å². The van der Waals surface area contributed by atoms with Gasteiger partial charge in [-0.3, -0.25) is 4.79 Å². The van der Waals surface area contributed by atoms with Gasteiger partial charge >= 0.3 is 0 Å². The second kappa shape index (κ2) is 7.39. The van der Waals surface area contributed by atoms with Crippen LogP contribution in [0.3, 0.4) is 0 Å². The Morgan fingerprint density at radius 3 is 2.74 bits per heavy atom. The minimum Gasteiger partial charge on any atom is -0.394 e. The Hall–Kier alpha value is -0.810. The minimum absolute atomic E-state index is 0.0132. The topological polar surface area (TPSA) is 52.6 Å². The van der Waals surface area contributed by atoms with Gasteiger partial charge < -0.3 is 15.3 Å². The first kappa shape index (κ1) is 17.0. The maximum absolute atomic E-state index is 12.4. The molecule has 2 N–H and O–H groups in total. The van der Waals surface area contributed by atoms with E-state index in [1.807, 2.05) is 6.07 Å². The molecule has 0 aromatic heterocycles. The van der Waals surface area contributed by atoms with Crippen LogP contribution in [0.4, 0.5) is 0 Å². The molecule has 1 aliphatic heterocycles. The van der Waals surface area contributed by atoms with E-state index in [9.17, 15) is 9.90 Å². The van der Waals surface area contributed by atoms with Gasteiger partial charge in [-0.1, -0.05) is 29.3 Å². The molecule has 0 radical (unpaired) electrons. The van der Waals surface area contributed by atoms with Crippen LogP contribution < -0.4 is 5.32 Å². The summed E-state index contributed by atoms with van der Waals surface area (Å²) >= 11 is 12.1. The summed E-state index contributed by atoms with van der Waals surface area (Å²) in [6.07, 6.45) is 3.20. The highest BCUT2D eigenvalue weighted by molar-refractivity contribution is 6.35. The number of aliphatic hydroxyl groups is 1. The molecule has 3 unspecified atom stereocenters. The number of carbonyl (C=O) groups excluding carboxylic acids is 1. The predicted octanol–water partition coefficient (Wildman–Crippen LogP) is 2.67. The maximum Gasteiger partial charge on any atom is 0.224 e. The van der Waals surface area contributed by atoms with Crippen LogP contribution in [-0.4, -0.2) is 48.2 Å². The number of benzene rings is 1. The average Bonchev–Trinajstić information content (AvgIpc) is 3.14. The zero-order valence-corrected chi connectivity index (χ0v) is 14.5. The lowest BCUT2D eigenvalue weighted by Gasteiger charge is -2.23. The molecular weight excluding hydrogens is 335 g/mol. The first-order valence-electron chi connectivity index (χ1n) is 8.17. The van der Waals surface area contributed by atoms with Crippen molar-refractivity contribution in [1.29, 1.82) is 0 Å². The Bertz CT molecular complexity index is 576. The molecule has 6 heteroatoms. The molecule has 23 heavy (non-hydrogen) atoms. The van der Waals surface area contributed by atoms with Crippen LogP contribution in [0.25, 0.3) is 0 Å². The smallest absolute Gasteiger partial charge is 0.224 e. The molecule has 1 amide bonds. The van der Waals surface area contributed by atoms with Crippen LogP contribution in [0.1, 0.15) is 30.7 Å². The minimum atomic E-state index is -0.192. The van der Waals surface area contributed by atoms with Crippen molar-refractivity contribution in [3.05, 3.63) is 33.8 Å². The molecular formula is C17H22Cl2N2O2. The molecule has 0 bridgehead atoms. The fourth-order valence-electron chi connectivity index (χ4n) is 3.36. The lowest BCUT2D eigenvalue weighted by Crippen LogP contribution is -2.46. The van der Waals surface area contributed by atoms with Crippen molar-refractivity contribution in [3.63, 3.8) is 0 Å². The highest BCUT2D eigenvalue weighted by Gasteiger charge is 2.45. The lowest BCUT2D eigenvalue weighted by atomic mass is 10.1. The summed E-state index contributed by atoms with van der Waals surface area (Å²) in [7, 11) is 0. The summed E-state index contributed by atoms with van der Waals surface area (Å²) in [5, 5.41) is 13.7. The molecule has 2 fully saturated rings. The summed E-state index contributed by atoms with van der Waals surface area (Å²) in [6, 6.07) is 5.23. The predicted molar refractivity (Wildman–Crippen MR) is 92.0 cm³/mol. The van der Waals surface area contributed by atoms with E-state index in [0.717, 1.165) is 31.6 Å². The van der Waals surface area contributed by atoms with E-state index in [2.05, 4.69) is 10.2 Å². The number of rotatable bonds is 6. The molecule has 1 aromatic rings. The van der Waals surface area contributed by atoms with E-state index < -0.39 is 0 Å². The first-order valence-corrected chi connectivity index (χ1v) is 8.92. The van der Waals surface area contributed by atoms with Crippen LogP contribution in [-0.2, 0) is 4.79 Å². The second-order valence-electron chi connectivity index (χ2n) is 6.51. The number of halogens is 2. The van der Waals surface area contributed by atoms with Gasteiger partial charge in [0, 0.05) is 22.5 Å². The lowest BCUT2D eigenvalue weighted by molar-refractivity contribution is -0.123. The number of nitrogens with one attached hydrogen (secondary N) is 1. The molecule has 126 valence electrons. The van der Waals surface area contributed by atoms with E-state index >= 15 is 0 Å². The van der Waals surface area contributed by atoms with Crippen molar-refractivity contribution in [2.45, 2.75) is 31.2 Å². The Labute approximate surface area is 146 Å². The standard InChI is InChI=1S/C17H22Cl2N2O2/c18-11-3-4-13(16(19)7-11)14-8-15(14)17(23)20-12(10-22)9-21-5-1-2-6-21/h3-4,7,12,14-15,22H,1-2,5-6,8-10H2,(H,20,23). The van der Waals surface area contributed by atoms with Gasteiger partial charge in [-0.15, -0.1) is 0 Å². The molecule has 4 nitrogen and oxygen atoms in total. The molecule has 1 heterocycles. The Kier molecular flexibility index (Phi) is 5.47. The molecule has 3 rings (SSSR count). The maximum atomic E-state index is 12.4. The van der Waals surface area contributed by atoms with Crippen LogP contribution in [0.5, 0.6) is 0 Å². The second-order valence-corrected chi connectivity index (χ2v) is 7.35. The van der Waals surface area contributed by atoms with Gasteiger partial charge in [0.05, 0.1) is 12.6 Å².